The van der Waals surface area contributed by atoms with Crippen molar-refractivity contribution in [1.82, 2.24) is 0 Å². The molecule has 1 aromatic carbocycles. The summed E-state index contributed by atoms with van der Waals surface area (Å²) < 4.78 is 0. The van der Waals surface area contributed by atoms with E-state index >= 15 is 0 Å². The van der Waals surface area contributed by atoms with Crippen molar-refractivity contribution in [3.8, 4) is 6.07 Å². The highest BCUT2D eigenvalue weighted by Crippen LogP contribution is 2.17. The van der Waals surface area contributed by atoms with Crippen LogP contribution in [0.4, 0.5) is 5.69 Å². The van der Waals surface area contributed by atoms with Crippen LogP contribution in [0.1, 0.15) is 12.8 Å². The number of nitriles is 1. The Morgan fingerprint density at radius 1 is 1.47 bits per heavy atom. The van der Waals surface area contributed by atoms with Gasteiger partial charge in [0, 0.05) is 23.4 Å². The van der Waals surface area contributed by atoms with Gasteiger partial charge in [-0.3, -0.25) is 4.79 Å². The number of nitrogens with one attached hydrogen (secondary N) is 1. The third kappa shape index (κ3) is 4.05. The Hall–Kier alpha value is -1.47. The van der Waals surface area contributed by atoms with E-state index in [0.717, 1.165) is 10.6 Å². The van der Waals surface area contributed by atoms with E-state index in [1.807, 2.05) is 36.6 Å². The average Bonchev–Trinajstić information content (AvgIpc) is 2.27. The first-order valence-electron chi connectivity index (χ1n) is 4.57. The number of hydrogen-bond acceptors (Lipinski definition) is 3. The van der Waals surface area contributed by atoms with Crippen molar-refractivity contribution < 1.29 is 4.79 Å². The third-order valence-electron chi connectivity index (χ3n) is 1.84. The smallest absolute Gasteiger partial charge is 0.225 e. The first kappa shape index (κ1) is 11.6. The van der Waals surface area contributed by atoms with E-state index in [1.54, 1.807) is 11.8 Å². The first-order chi connectivity index (χ1) is 7.26. The summed E-state index contributed by atoms with van der Waals surface area (Å²) in [7, 11) is 0. The van der Waals surface area contributed by atoms with Gasteiger partial charge in [0.25, 0.3) is 0 Å². The van der Waals surface area contributed by atoms with E-state index in [9.17, 15) is 4.79 Å². The summed E-state index contributed by atoms with van der Waals surface area (Å²) >= 11 is 1.65. The molecule has 0 fully saturated rings. The summed E-state index contributed by atoms with van der Waals surface area (Å²) in [6, 6.07) is 9.55. The van der Waals surface area contributed by atoms with Crippen LogP contribution in [0.5, 0.6) is 0 Å². The molecule has 1 rings (SSSR count). The van der Waals surface area contributed by atoms with Gasteiger partial charge >= 0.3 is 0 Å². The number of benzene rings is 1. The van der Waals surface area contributed by atoms with Crippen LogP contribution >= 0.6 is 11.8 Å². The lowest BCUT2D eigenvalue weighted by atomic mass is 10.3. The maximum Gasteiger partial charge on any atom is 0.225 e. The van der Waals surface area contributed by atoms with Crippen LogP contribution in [-0.2, 0) is 4.79 Å². The van der Waals surface area contributed by atoms with Gasteiger partial charge in [0.05, 0.1) is 6.07 Å². The largest absolute Gasteiger partial charge is 0.326 e. The zero-order valence-electron chi connectivity index (χ0n) is 8.49. The lowest BCUT2D eigenvalue weighted by Crippen LogP contribution is -2.10. The van der Waals surface area contributed by atoms with E-state index in [1.165, 1.54) is 0 Å². The normalized spacial score (nSPS) is 9.33. The minimum Gasteiger partial charge on any atom is -0.326 e. The van der Waals surface area contributed by atoms with Crippen molar-refractivity contribution in [2.24, 2.45) is 0 Å². The monoisotopic (exact) mass is 220 g/mol. The molecule has 0 saturated carbocycles. The van der Waals surface area contributed by atoms with Crippen molar-refractivity contribution in [2.45, 2.75) is 17.7 Å². The molecular formula is C11H12N2OS. The Morgan fingerprint density at radius 2 is 2.13 bits per heavy atom. The van der Waals surface area contributed by atoms with Gasteiger partial charge in [-0.05, 0) is 30.5 Å². The van der Waals surface area contributed by atoms with Gasteiger partial charge in [0.2, 0.25) is 5.91 Å². The molecular weight excluding hydrogens is 208 g/mol. The highest BCUT2D eigenvalue weighted by molar-refractivity contribution is 7.98. The zero-order chi connectivity index (χ0) is 11.1. The van der Waals surface area contributed by atoms with Gasteiger partial charge in [-0.15, -0.1) is 11.8 Å². The molecule has 0 unspecified atom stereocenters. The minimum atomic E-state index is -0.117. The molecule has 0 radical (unpaired) electrons. The molecule has 3 nitrogen and oxygen atoms in total. The molecule has 0 saturated heterocycles. The predicted octanol–water partition coefficient (Wildman–Crippen LogP) is 2.65. The maximum absolute atomic E-state index is 11.3. The van der Waals surface area contributed by atoms with E-state index in [4.69, 9.17) is 5.26 Å². The molecule has 1 aromatic rings. The van der Waals surface area contributed by atoms with E-state index < -0.39 is 0 Å². The highest BCUT2D eigenvalue weighted by Gasteiger charge is 2.01. The van der Waals surface area contributed by atoms with Gasteiger partial charge in [-0.25, -0.2) is 0 Å². The Morgan fingerprint density at radius 3 is 2.67 bits per heavy atom. The van der Waals surface area contributed by atoms with Gasteiger partial charge in [-0.2, -0.15) is 5.26 Å². The molecule has 0 aliphatic rings. The Labute approximate surface area is 93.5 Å². The van der Waals surface area contributed by atoms with Gasteiger partial charge in [0.15, 0.2) is 0 Å². The molecule has 15 heavy (non-hydrogen) atoms. The molecule has 0 aliphatic carbocycles. The molecule has 1 amide bonds. The molecule has 4 heteroatoms. The standard InChI is InChI=1S/C11H12N2OS/c1-15-10-6-4-9(5-7-10)13-11(14)3-2-8-12/h4-7H,2-3H2,1H3,(H,13,14). The molecule has 0 bridgehead atoms. The Bertz CT molecular complexity index is 367. The minimum absolute atomic E-state index is 0.117. The van der Waals surface area contributed by atoms with Crippen LogP contribution in [0.25, 0.3) is 0 Å². The van der Waals surface area contributed by atoms with E-state index in [0.29, 0.717) is 0 Å². The number of amides is 1. The van der Waals surface area contributed by atoms with Crippen molar-refractivity contribution in [2.75, 3.05) is 11.6 Å². The second kappa shape index (κ2) is 6.10. The molecule has 0 atom stereocenters. The van der Waals surface area contributed by atoms with Gasteiger partial charge < -0.3 is 5.32 Å². The zero-order valence-corrected chi connectivity index (χ0v) is 9.30. The summed E-state index contributed by atoms with van der Waals surface area (Å²) in [5, 5.41) is 11.0. The fourth-order valence-electron chi connectivity index (χ4n) is 1.07. The molecule has 0 heterocycles. The molecule has 78 valence electrons. The number of thioether (sulfide) groups is 1. The summed E-state index contributed by atoms with van der Waals surface area (Å²) in [5.74, 6) is -0.117. The topological polar surface area (TPSA) is 52.9 Å². The van der Waals surface area contributed by atoms with E-state index in [-0.39, 0.29) is 18.7 Å². The lowest BCUT2D eigenvalue weighted by molar-refractivity contribution is -0.116. The predicted molar refractivity (Wildman–Crippen MR) is 61.7 cm³/mol. The van der Waals surface area contributed by atoms with Gasteiger partial charge in [0.1, 0.15) is 0 Å². The third-order valence-corrected chi connectivity index (χ3v) is 2.58. The van der Waals surface area contributed by atoms with Crippen molar-refractivity contribution in [3.05, 3.63) is 24.3 Å². The van der Waals surface area contributed by atoms with Crippen LogP contribution in [0.3, 0.4) is 0 Å². The number of nitrogens with zero attached hydrogens (tertiary/aromatic N) is 1. The molecule has 0 aliphatic heterocycles. The van der Waals surface area contributed by atoms with Crippen molar-refractivity contribution in [3.63, 3.8) is 0 Å². The van der Waals surface area contributed by atoms with Crippen LogP contribution in [-0.4, -0.2) is 12.2 Å². The Kier molecular flexibility index (Phi) is 4.72. The van der Waals surface area contributed by atoms with Crippen molar-refractivity contribution in [1.29, 1.82) is 5.26 Å². The molecule has 0 aromatic heterocycles. The second-order valence-electron chi connectivity index (χ2n) is 2.93. The number of carbonyl (C=O) groups excluding carboxylic acids is 1. The average molecular weight is 220 g/mol. The van der Waals surface area contributed by atoms with Gasteiger partial charge in [-0.1, -0.05) is 0 Å². The quantitative estimate of drug-likeness (QED) is 0.794. The number of carbonyl (C=O) groups is 1. The number of rotatable bonds is 4. The maximum atomic E-state index is 11.3. The number of hydrogen-bond donors (Lipinski definition) is 1. The van der Waals surface area contributed by atoms with E-state index in [2.05, 4.69) is 5.32 Å². The summed E-state index contributed by atoms with van der Waals surface area (Å²) in [5.41, 5.74) is 0.774. The van der Waals surface area contributed by atoms with Crippen LogP contribution in [0, 0.1) is 11.3 Å². The summed E-state index contributed by atoms with van der Waals surface area (Å²) in [6.07, 6.45) is 2.51. The summed E-state index contributed by atoms with van der Waals surface area (Å²) in [4.78, 5) is 12.4. The van der Waals surface area contributed by atoms with Crippen LogP contribution < -0.4 is 5.32 Å². The Balaban J connectivity index is 2.50. The van der Waals surface area contributed by atoms with Crippen LogP contribution in [0.2, 0.25) is 0 Å². The second-order valence-corrected chi connectivity index (χ2v) is 3.81. The van der Waals surface area contributed by atoms with Crippen molar-refractivity contribution >= 4 is 23.4 Å². The first-order valence-corrected chi connectivity index (χ1v) is 5.79. The highest BCUT2D eigenvalue weighted by atomic mass is 32.2. The van der Waals surface area contributed by atoms with Crippen LogP contribution in [0.15, 0.2) is 29.2 Å². The fourth-order valence-corrected chi connectivity index (χ4v) is 1.48. The lowest BCUT2D eigenvalue weighted by Gasteiger charge is -2.04. The number of anilines is 1. The summed E-state index contributed by atoms with van der Waals surface area (Å²) in [6.45, 7) is 0. The molecule has 0 spiro atoms. The molecule has 1 N–H and O–H groups in total. The SMILES string of the molecule is CSc1ccc(NC(=O)CCC#N)cc1. The fraction of sp³-hybridized carbons (Fsp3) is 0.273.